The summed E-state index contributed by atoms with van der Waals surface area (Å²) in [5, 5.41) is 5.30. The summed E-state index contributed by atoms with van der Waals surface area (Å²) in [7, 11) is 1.51. The zero-order chi connectivity index (χ0) is 19.3. The molecule has 1 aromatic heterocycles. The highest BCUT2D eigenvalue weighted by molar-refractivity contribution is 5.97. The number of benzene rings is 1. The smallest absolute Gasteiger partial charge is 0.287 e. The Morgan fingerprint density at radius 1 is 1.12 bits per heavy atom. The van der Waals surface area contributed by atoms with E-state index in [1.54, 1.807) is 6.07 Å². The Balaban J connectivity index is 1.86. The van der Waals surface area contributed by atoms with E-state index in [2.05, 4.69) is 10.6 Å². The van der Waals surface area contributed by atoms with E-state index in [1.807, 2.05) is 32.9 Å². The number of carbonyl (C=O) groups is 3. The number of likely N-dealkylation sites (N-methyl/N-ethyl adjacent to an activating group) is 1. The van der Waals surface area contributed by atoms with Crippen LogP contribution in [0.3, 0.4) is 0 Å². The molecule has 7 heteroatoms. The van der Waals surface area contributed by atoms with Gasteiger partial charge in [0.1, 0.15) is 0 Å². The molecule has 0 atom stereocenters. The van der Waals surface area contributed by atoms with Gasteiger partial charge in [-0.15, -0.1) is 0 Å². The maximum Gasteiger partial charge on any atom is 0.287 e. The predicted octanol–water partition coefficient (Wildman–Crippen LogP) is 2.03. The summed E-state index contributed by atoms with van der Waals surface area (Å²) in [6.07, 6.45) is 1.38. The van der Waals surface area contributed by atoms with Crippen LogP contribution in [0.15, 0.2) is 34.9 Å². The second-order valence-electron chi connectivity index (χ2n) is 6.23. The number of carbonyl (C=O) groups excluding carboxylic acids is 3. The molecular weight excluding hydrogens is 334 g/mol. The van der Waals surface area contributed by atoms with E-state index in [-0.39, 0.29) is 30.7 Å². The fourth-order valence-corrected chi connectivity index (χ4v) is 2.65. The van der Waals surface area contributed by atoms with Crippen LogP contribution in [0, 0.1) is 20.8 Å². The third-order valence-corrected chi connectivity index (χ3v) is 3.89. The highest BCUT2D eigenvalue weighted by Crippen LogP contribution is 2.21. The molecule has 0 spiro atoms. The molecule has 2 rings (SSSR count). The minimum atomic E-state index is -0.480. The van der Waals surface area contributed by atoms with Crippen molar-refractivity contribution >= 4 is 23.4 Å². The molecule has 1 heterocycles. The van der Waals surface area contributed by atoms with Gasteiger partial charge < -0.3 is 20.0 Å². The van der Waals surface area contributed by atoms with E-state index in [0.717, 1.165) is 22.4 Å². The van der Waals surface area contributed by atoms with E-state index in [1.165, 1.54) is 24.3 Å². The topological polar surface area (TPSA) is 91.7 Å². The molecular formula is C19H23N3O4. The van der Waals surface area contributed by atoms with Gasteiger partial charge in [0.25, 0.3) is 5.91 Å². The second kappa shape index (κ2) is 8.33. The number of hydrogen-bond donors (Lipinski definition) is 2. The van der Waals surface area contributed by atoms with Crippen molar-refractivity contribution < 1.29 is 18.8 Å². The van der Waals surface area contributed by atoms with E-state index in [9.17, 15) is 14.4 Å². The van der Waals surface area contributed by atoms with Gasteiger partial charge in [-0.1, -0.05) is 17.7 Å². The van der Waals surface area contributed by atoms with Gasteiger partial charge in [0.15, 0.2) is 5.76 Å². The molecule has 3 amide bonds. The van der Waals surface area contributed by atoms with Gasteiger partial charge in [0.2, 0.25) is 11.8 Å². The molecule has 0 unspecified atom stereocenters. The standard InChI is InChI=1S/C19H23N3O4/c1-12-8-13(2)18(14(3)9-12)21-16(23)11-22(4)17(24)10-20-19(25)15-6-5-7-26-15/h5-9H,10-11H2,1-4H3,(H,20,25)(H,21,23). The van der Waals surface area contributed by atoms with Crippen LogP contribution in [0.2, 0.25) is 0 Å². The third kappa shape index (κ3) is 4.95. The van der Waals surface area contributed by atoms with Crippen LogP contribution >= 0.6 is 0 Å². The number of nitrogens with one attached hydrogen (secondary N) is 2. The summed E-state index contributed by atoms with van der Waals surface area (Å²) in [6.45, 7) is 5.52. The van der Waals surface area contributed by atoms with Crippen molar-refractivity contribution in [1.29, 1.82) is 0 Å². The van der Waals surface area contributed by atoms with Gasteiger partial charge in [-0.2, -0.15) is 0 Å². The first kappa shape index (κ1) is 19.2. The summed E-state index contributed by atoms with van der Waals surface area (Å²) < 4.78 is 4.95. The SMILES string of the molecule is Cc1cc(C)c(NC(=O)CN(C)C(=O)CNC(=O)c2ccco2)c(C)c1. The van der Waals surface area contributed by atoms with Crippen LogP contribution in [0.25, 0.3) is 0 Å². The average Bonchev–Trinajstić information content (AvgIpc) is 3.10. The Hall–Kier alpha value is -3.09. The van der Waals surface area contributed by atoms with Crippen LogP contribution in [0.4, 0.5) is 5.69 Å². The van der Waals surface area contributed by atoms with Crippen molar-refractivity contribution in [2.75, 3.05) is 25.5 Å². The van der Waals surface area contributed by atoms with Gasteiger partial charge in [-0.3, -0.25) is 14.4 Å². The Morgan fingerprint density at radius 2 is 1.77 bits per heavy atom. The normalized spacial score (nSPS) is 10.3. The Bertz CT molecular complexity index is 789. The van der Waals surface area contributed by atoms with E-state index < -0.39 is 5.91 Å². The molecule has 2 aromatic rings. The first-order valence-electron chi connectivity index (χ1n) is 8.21. The molecule has 0 fully saturated rings. The Labute approximate surface area is 152 Å². The third-order valence-electron chi connectivity index (χ3n) is 3.89. The van der Waals surface area contributed by atoms with Crippen molar-refractivity contribution in [3.05, 3.63) is 53.0 Å². The predicted molar refractivity (Wildman–Crippen MR) is 98.0 cm³/mol. The molecule has 0 radical (unpaired) electrons. The first-order valence-corrected chi connectivity index (χ1v) is 8.21. The number of aryl methyl sites for hydroxylation is 3. The fraction of sp³-hybridized carbons (Fsp3) is 0.316. The minimum absolute atomic E-state index is 0.109. The van der Waals surface area contributed by atoms with E-state index in [0.29, 0.717) is 0 Å². The average molecular weight is 357 g/mol. The monoisotopic (exact) mass is 357 g/mol. The number of furan rings is 1. The summed E-state index contributed by atoms with van der Waals surface area (Å²) in [5.41, 5.74) is 3.82. The molecule has 0 saturated carbocycles. The first-order chi connectivity index (χ1) is 12.3. The minimum Gasteiger partial charge on any atom is -0.459 e. The molecule has 0 saturated heterocycles. The van der Waals surface area contributed by atoms with Crippen LogP contribution in [0.5, 0.6) is 0 Å². The van der Waals surface area contributed by atoms with Gasteiger partial charge in [0.05, 0.1) is 19.4 Å². The van der Waals surface area contributed by atoms with Crippen molar-refractivity contribution in [3.8, 4) is 0 Å². The van der Waals surface area contributed by atoms with E-state index >= 15 is 0 Å². The van der Waals surface area contributed by atoms with Crippen LogP contribution in [-0.4, -0.2) is 42.8 Å². The van der Waals surface area contributed by atoms with Gasteiger partial charge in [-0.05, 0) is 44.0 Å². The zero-order valence-electron chi connectivity index (χ0n) is 15.4. The highest BCUT2D eigenvalue weighted by atomic mass is 16.3. The molecule has 0 bridgehead atoms. The Morgan fingerprint density at radius 3 is 2.35 bits per heavy atom. The molecule has 0 aliphatic heterocycles. The highest BCUT2D eigenvalue weighted by Gasteiger charge is 2.16. The zero-order valence-corrected chi connectivity index (χ0v) is 15.4. The number of anilines is 1. The molecule has 2 N–H and O–H groups in total. The maximum atomic E-state index is 12.2. The van der Waals surface area contributed by atoms with Crippen LogP contribution < -0.4 is 10.6 Å². The van der Waals surface area contributed by atoms with Crippen LogP contribution in [-0.2, 0) is 9.59 Å². The van der Waals surface area contributed by atoms with Crippen molar-refractivity contribution in [2.45, 2.75) is 20.8 Å². The molecule has 0 aliphatic rings. The molecule has 7 nitrogen and oxygen atoms in total. The van der Waals surface area contributed by atoms with E-state index in [4.69, 9.17) is 4.42 Å². The summed E-state index contributed by atoms with van der Waals surface area (Å²) in [5.74, 6) is -1.03. The summed E-state index contributed by atoms with van der Waals surface area (Å²) in [6, 6.07) is 7.06. The summed E-state index contributed by atoms with van der Waals surface area (Å²) in [4.78, 5) is 37.3. The number of amides is 3. The lowest BCUT2D eigenvalue weighted by atomic mass is 10.1. The lowest BCUT2D eigenvalue weighted by Gasteiger charge is -2.18. The van der Waals surface area contributed by atoms with Gasteiger partial charge in [-0.25, -0.2) is 0 Å². The molecule has 138 valence electrons. The molecule has 1 aromatic carbocycles. The number of nitrogens with zero attached hydrogens (tertiary/aromatic N) is 1. The van der Waals surface area contributed by atoms with Crippen molar-refractivity contribution in [2.24, 2.45) is 0 Å². The van der Waals surface area contributed by atoms with Gasteiger partial charge in [0, 0.05) is 12.7 Å². The fourth-order valence-electron chi connectivity index (χ4n) is 2.65. The Kier molecular flexibility index (Phi) is 6.16. The number of rotatable bonds is 6. The second-order valence-corrected chi connectivity index (χ2v) is 6.23. The van der Waals surface area contributed by atoms with Gasteiger partial charge >= 0.3 is 0 Å². The molecule has 26 heavy (non-hydrogen) atoms. The lowest BCUT2D eigenvalue weighted by molar-refractivity contribution is -0.132. The lowest BCUT2D eigenvalue weighted by Crippen LogP contribution is -2.41. The summed E-state index contributed by atoms with van der Waals surface area (Å²) >= 11 is 0. The van der Waals surface area contributed by atoms with Crippen LogP contribution in [0.1, 0.15) is 27.2 Å². The largest absolute Gasteiger partial charge is 0.459 e. The van der Waals surface area contributed by atoms with Crippen molar-refractivity contribution in [1.82, 2.24) is 10.2 Å². The number of hydrogen-bond acceptors (Lipinski definition) is 4. The molecule has 0 aliphatic carbocycles. The quantitative estimate of drug-likeness (QED) is 0.827. The van der Waals surface area contributed by atoms with Crippen molar-refractivity contribution in [3.63, 3.8) is 0 Å². The maximum absolute atomic E-state index is 12.2.